The predicted molar refractivity (Wildman–Crippen MR) is 115 cm³/mol. The molecule has 0 N–H and O–H groups in total. The van der Waals surface area contributed by atoms with Crippen molar-refractivity contribution in [3.8, 4) is 5.75 Å². The Bertz CT molecular complexity index is 1130. The van der Waals surface area contributed by atoms with Gasteiger partial charge in [-0.05, 0) is 43.5 Å². The Morgan fingerprint density at radius 2 is 2.03 bits per heavy atom. The molecule has 0 fully saturated rings. The van der Waals surface area contributed by atoms with Crippen molar-refractivity contribution in [2.24, 2.45) is 0 Å². The fraction of sp³-hybridized carbons (Fsp3) is 0.409. The first-order valence-electron chi connectivity index (χ1n) is 9.87. The molecule has 4 rings (SSSR count). The molecule has 3 aromatic rings. The number of hydrogen-bond acceptors (Lipinski definition) is 5. The summed E-state index contributed by atoms with van der Waals surface area (Å²) in [6.45, 7) is 5.63. The number of aromatic nitrogens is 2. The number of carbonyl (C=O) groups is 1. The van der Waals surface area contributed by atoms with Crippen LogP contribution in [0.3, 0.4) is 0 Å². The van der Waals surface area contributed by atoms with E-state index in [9.17, 15) is 9.59 Å². The van der Waals surface area contributed by atoms with Gasteiger partial charge < -0.3 is 9.64 Å². The van der Waals surface area contributed by atoms with Gasteiger partial charge in [0.1, 0.15) is 16.4 Å². The molecule has 7 heteroatoms. The normalized spacial score (nSPS) is 14.0. The van der Waals surface area contributed by atoms with E-state index in [1.54, 1.807) is 23.0 Å². The smallest absolute Gasteiger partial charge is 0.262 e. The van der Waals surface area contributed by atoms with Gasteiger partial charge in [0.15, 0.2) is 0 Å². The van der Waals surface area contributed by atoms with Gasteiger partial charge in [-0.15, -0.1) is 11.3 Å². The van der Waals surface area contributed by atoms with E-state index in [0.29, 0.717) is 44.3 Å². The molecule has 29 heavy (non-hydrogen) atoms. The molecule has 1 aromatic carbocycles. The molecule has 1 aliphatic heterocycles. The molecule has 0 aliphatic carbocycles. The average Bonchev–Trinajstić information content (AvgIpc) is 2.95. The van der Waals surface area contributed by atoms with Crippen LogP contribution >= 0.6 is 11.3 Å². The molecule has 3 heterocycles. The van der Waals surface area contributed by atoms with Crippen LogP contribution in [0.2, 0.25) is 0 Å². The van der Waals surface area contributed by atoms with Gasteiger partial charge in [0.05, 0.1) is 12.5 Å². The molecule has 1 aliphatic rings. The first-order valence-corrected chi connectivity index (χ1v) is 10.7. The van der Waals surface area contributed by atoms with Crippen LogP contribution in [-0.2, 0) is 24.2 Å². The second-order valence-corrected chi connectivity index (χ2v) is 8.73. The van der Waals surface area contributed by atoms with Crippen molar-refractivity contribution in [2.45, 2.75) is 39.7 Å². The molecule has 0 radical (unpaired) electrons. The zero-order chi connectivity index (χ0) is 20.5. The van der Waals surface area contributed by atoms with Crippen LogP contribution in [0, 0.1) is 13.8 Å². The van der Waals surface area contributed by atoms with Gasteiger partial charge in [-0.2, -0.15) is 0 Å². The summed E-state index contributed by atoms with van der Waals surface area (Å²) >= 11 is 1.55. The lowest BCUT2D eigenvalue weighted by Gasteiger charge is -2.20. The van der Waals surface area contributed by atoms with Crippen molar-refractivity contribution in [1.82, 2.24) is 14.5 Å². The second-order valence-electron chi connectivity index (χ2n) is 7.50. The summed E-state index contributed by atoms with van der Waals surface area (Å²) in [6.07, 6.45) is 1.72. The minimum absolute atomic E-state index is 0.00963. The molecule has 152 valence electrons. The number of rotatable bonds is 4. The zero-order valence-electron chi connectivity index (χ0n) is 17.0. The van der Waals surface area contributed by atoms with Gasteiger partial charge in [-0.25, -0.2) is 4.98 Å². The number of fused-ring (bicyclic) bond motifs is 2. The Morgan fingerprint density at radius 1 is 1.21 bits per heavy atom. The summed E-state index contributed by atoms with van der Waals surface area (Å²) in [5.41, 5.74) is 2.18. The summed E-state index contributed by atoms with van der Waals surface area (Å²) < 4.78 is 7.11. The molecule has 0 spiro atoms. The number of methoxy groups -OCH3 is 1. The van der Waals surface area contributed by atoms with E-state index in [1.807, 2.05) is 43.0 Å². The Labute approximate surface area is 173 Å². The minimum Gasteiger partial charge on any atom is -0.496 e. The topological polar surface area (TPSA) is 64.4 Å². The van der Waals surface area contributed by atoms with E-state index in [-0.39, 0.29) is 11.5 Å². The SMILES string of the molecule is COc1cc(CCC(=O)N2CCc3nc4sc(C)cc4c(=O)n3CC2)ccc1C. The third-order valence-corrected chi connectivity index (χ3v) is 6.45. The lowest BCUT2D eigenvalue weighted by molar-refractivity contribution is -0.131. The van der Waals surface area contributed by atoms with Crippen molar-refractivity contribution >= 4 is 27.5 Å². The largest absolute Gasteiger partial charge is 0.496 e. The van der Waals surface area contributed by atoms with Crippen LogP contribution < -0.4 is 10.3 Å². The molecule has 1 amide bonds. The van der Waals surface area contributed by atoms with E-state index >= 15 is 0 Å². The lowest BCUT2D eigenvalue weighted by Crippen LogP contribution is -2.34. The maximum Gasteiger partial charge on any atom is 0.262 e. The number of benzene rings is 1. The standard InChI is InChI=1S/C22H25N3O3S/c1-14-4-5-16(13-18(14)28-3)6-7-20(26)24-9-8-19-23-21-17(12-15(2)29-21)22(27)25(19)11-10-24/h4-5,12-13H,6-11H2,1-3H3. The van der Waals surface area contributed by atoms with Crippen LogP contribution in [0.5, 0.6) is 5.75 Å². The summed E-state index contributed by atoms with van der Waals surface area (Å²) in [5.74, 6) is 1.74. The Kier molecular flexibility index (Phi) is 5.41. The molecule has 0 atom stereocenters. The van der Waals surface area contributed by atoms with Gasteiger partial charge in [0.25, 0.3) is 5.56 Å². The molecule has 0 saturated heterocycles. The number of carbonyl (C=O) groups excluding carboxylic acids is 1. The summed E-state index contributed by atoms with van der Waals surface area (Å²) in [4.78, 5) is 34.1. The molecule has 6 nitrogen and oxygen atoms in total. The van der Waals surface area contributed by atoms with Crippen LogP contribution in [-0.4, -0.2) is 40.6 Å². The van der Waals surface area contributed by atoms with Crippen LogP contribution in [0.1, 0.15) is 28.2 Å². The van der Waals surface area contributed by atoms with Crippen molar-refractivity contribution < 1.29 is 9.53 Å². The Balaban J connectivity index is 1.45. The molecular formula is C22H25N3O3S. The lowest BCUT2D eigenvalue weighted by atomic mass is 10.1. The van der Waals surface area contributed by atoms with Crippen molar-refractivity contribution in [2.75, 3.05) is 20.2 Å². The fourth-order valence-corrected chi connectivity index (χ4v) is 4.73. The van der Waals surface area contributed by atoms with Crippen LogP contribution in [0.4, 0.5) is 0 Å². The van der Waals surface area contributed by atoms with Gasteiger partial charge in [0, 0.05) is 37.4 Å². The first kappa shape index (κ1) is 19.6. The Hall–Kier alpha value is -2.67. The molecule has 2 aromatic heterocycles. The molecular weight excluding hydrogens is 386 g/mol. The second kappa shape index (κ2) is 7.99. The van der Waals surface area contributed by atoms with Crippen molar-refractivity contribution in [3.05, 3.63) is 56.4 Å². The number of thiophene rings is 1. The molecule has 0 unspecified atom stereocenters. The number of amides is 1. The quantitative estimate of drug-likeness (QED) is 0.662. The number of aryl methyl sites for hydroxylation is 3. The Morgan fingerprint density at radius 3 is 2.83 bits per heavy atom. The summed E-state index contributed by atoms with van der Waals surface area (Å²) in [6, 6.07) is 7.97. The highest BCUT2D eigenvalue weighted by molar-refractivity contribution is 7.18. The third-order valence-electron chi connectivity index (χ3n) is 5.50. The number of nitrogens with zero attached hydrogens (tertiary/aromatic N) is 3. The van der Waals surface area contributed by atoms with Crippen LogP contribution in [0.15, 0.2) is 29.1 Å². The van der Waals surface area contributed by atoms with Crippen LogP contribution in [0.25, 0.3) is 10.2 Å². The monoisotopic (exact) mass is 411 g/mol. The van der Waals surface area contributed by atoms with E-state index in [2.05, 4.69) is 0 Å². The maximum absolute atomic E-state index is 12.8. The van der Waals surface area contributed by atoms with E-state index in [0.717, 1.165) is 32.4 Å². The van der Waals surface area contributed by atoms with E-state index in [1.165, 1.54) is 0 Å². The zero-order valence-corrected chi connectivity index (χ0v) is 17.8. The van der Waals surface area contributed by atoms with Crippen molar-refractivity contribution in [3.63, 3.8) is 0 Å². The maximum atomic E-state index is 12.8. The fourth-order valence-electron chi connectivity index (χ4n) is 3.85. The number of hydrogen-bond donors (Lipinski definition) is 0. The molecule has 0 saturated carbocycles. The minimum atomic E-state index is 0.00963. The highest BCUT2D eigenvalue weighted by Gasteiger charge is 2.21. The van der Waals surface area contributed by atoms with E-state index < -0.39 is 0 Å². The molecule has 0 bridgehead atoms. The summed E-state index contributed by atoms with van der Waals surface area (Å²) in [5, 5.41) is 0.685. The number of ether oxygens (including phenoxy) is 1. The van der Waals surface area contributed by atoms with E-state index in [4.69, 9.17) is 9.72 Å². The van der Waals surface area contributed by atoms with Gasteiger partial charge in [-0.3, -0.25) is 14.2 Å². The highest BCUT2D eigenvalue weighted by atomic mass is 32.1. The van der Waals surface area contributed by atoms with Gasteiger partial charge >= 0.3 is 0 Å². The average molecular weight is 412 g/mol. The first-order chi connectivity index (χ1) is 14.0. The van der Waals surface area contributed by atoms with Crippen molar-refractivity contribution in [1.29, 1.82) is 0 Å². The van der Waals surface area contributed by atoms with Gasteiger partial charge in [-0.1, -0.05) is 12.1 Å². The van der Waals surface area contributed by atoms with Gasteiger partial charge in [0.2, 0.25) is 5.91 Å². The third kappa shape index (κ3) is 3.92. The highest BCUT2D eigenvalue weighted by Crippen LogP contribution is 2.22. The predicted octanol–water partition coefficient (Wildman–Crippen LogP) is 3.10. The summed E-state index contributed by atoms with van der Waals surface area (Å²) in [7, 11) is 1.66.